The van der Waals surface area contributed by atoms with Crippen LogP contribution in [0.4, 0.5) is 0 Å². The molecule has 1 aromatic rings. The van der Waals surface area contributed by atoms with E-state index in [1.54, 1.807) is 0 Å². The molecule has 0 aromatic heterocycles. The van der Waals surface area contributed by atoms with Gasteiger partial charge in [-0.1, -0.05) is 42.5 Å². The summed E-state index contributed by atoms with van der Waals surface area (Å²) in [6.07, 6.45) is 1.33. The number of benzene rings is 1. The zero-order valence-corrected chi connectivity index (χ0v) is 10.5. The van der Waals surface area contributed by atoms with E-state index in [9.17, 15) is 0 Å². The second-order valence-electron chi connectivity index (χ2n) is 4.91. The summed E-state index contributed by atoms with van der Waals surface area (Å²) in [5.74, 6) is 4.83. The fourth-order valence-corrected chi connectivity index (χ4v) is 2.72. The van der Waals surface area contributed by atoms with Crippen molar-refractivity contribution in [2.24, 2.45) is 5.41 Å². The molecule has 2 rings (SSSR count). The first kappa shape index (κ1) is 10.9. The molecule has 1 fully saturated rings. The Balaban J connectivity index is 2.15. The van der Waals surface area contributed by atoms with Crippen LogP contribution in [0.1, 0.15) is 31.7 Å². The second-order valence-corrected chi connectivity index (χ2v) is 6.57. The van der Waals surface area contributed by atoms with Gasteiger partial charge in [-0.25, -0.2) is 0 Å². The van der Waals surface area contributed by atoms with Crippen molar-refractivity contribution in [1.82, 2.24) is 4.72 Å². The van der Waals surface area contributed by atoms with Crippen molar-refractivity contribution in [3.05, 3.63) is 29.8 Å². The first-order chi connectivity index (χ1) is 7.04. The third-order valence-corrected chi connectivity index (χ3v) is 4.66. The molecule has 82 valence electrons. The van der Waals surface area contributed by atoms with Gasteiger partial charge in [0.2, 0.25) is 0 Å². The molecule has 0 amide bonds. The minimum atomic E-state index is -0.0607. The van der Waals surface area contributed by atoms with Gasteiger partial charge in [-0.05, 0) is 42.5 Å². The zero-order valence-electron chi connectivity index (χ0n) is 9.71. The van der Waals surface area contributed by atoms with Gasteiger partial charge < -0.3 is 0 Å². The molecule has 2 unspecified atom stereocenters. The molecule has 0 spiro atoms. The second kappa shape index (κ2) is 3.76. The quantitative estimate of drug-likeness (QED) is 0.771. The van der Waals surface area contributed by atoms with E-state index in [1.807, 2.05) is 7.05 Å². The van der Waals surface area contributed by atoms with Crippen molar-refractivity contribution in [1.29, 1.82) is 0 Å². The lowest BCUT2D eigenvalue weighted by Crippen LogP contribution is -1.95. The first-order valence-electron chi connectivity index (χ1n) is 5.36. The highest BCUT2D eigenvalue weighted by molar-refractivity contribution is 8.12. The summed E-state index contributed by atoms with van der Waals surface area (Å²) >= 11 is 0. The van der Waals surface area contributed by atoms with E-state index in [2.05, 4.69) is 48.7 Å². The summed E-state index contributed by atoms with van der Waals surface area (Å²) in [7, 11) is 1.89. The molecule has 0 saturated heterocycles. The van der Waals surface area contributed by atoms with E-state index in [1.165, 1.54) is 16.9 Å². The smallest absolute Gasteiger partial charge is 0.0152 e. The van der Waals surface area contributed by atoms with Gasteiger partial charge in [-0.3, -0.25) is 4.72 Å². The average Bonchev–Trinajstić information content (AvgIpc) is 2.87. The number of nitrogens with one attached hydrogen (secondary N) is 1. The van der Waals surface area contributed by atoms with Gasteiger partial charge >= 0.3 is 0 Å². The minimum absolute atomic E-state index is 0.0607. The van der Waals surface area contributed by atoms with Crippen LogP contribution in [-0.4, -0.2) is 12.9 Å². The predicted molar refractivity (Wildman–Crippen MR) is 69.6 cm³/mol. The Morgan fingerprint density at radius 1 is 1.33 bits per heavy atom. The van der Waals surface area contributed by atoms with Crippen LogP contribution < -0.4 is 4.72 Å². The van der Waals surface area contributed by atoms with Crippen molar-refractivity contribution in [2.75, 3.05) is 7.05 Å². The molecule has 1 N–H and O–H groups in total. The standard InChI is InChI=1S/C13H19NS/c1-13(2)9-12(13)10-5-7-11(8-6-10)15(4)14-3/h5-8,12,14H,4,9H2,1-3H3. The highest BCUT2D eigenvalue weighted by Crippen LogP contribution is 2.58. The van der Waals surface area contributed by atoms with Gasteiger partial charge in [0.15, 0.2) is 0 Å². The highest BCUT2D eigenvalue weighted by Gasteiger charge is 2.46. The summed E-state index contributed by atoms with van der Waals surface area (Å²) in [5.41, 5.74) is 2.01. The summed E-state index contributed by atoms with van der Waals surface area (Å²) in [5, 5.41) is 0. The van der Waals surface area contributed by atoms with Gasteiger partial charge in [0, 0.05) is 4.90 Å². The van der Waals surface area contributed by atoms with Crippen LogP contribution in [0.2, 0.25) is 0 Å². The SMILES string of the molecule is C=S(NC)c1ccc(C2CC2(C)C)cc1. The van der Waals surface area contributed by atoms with Crippen LogP contribution in [0.15, 0.2) is 29.2 Å². The molecule has 1 aliphatic rings. The Bertz CT molecular complexity index is 378. The monoisotopic (exact) mass is 221 g/mol. The van der Waals surface area contributed by atoms with E-state index in [-0.39, 0.29) is 10.7 Å². The molecule has 1 saturated carbocycles. The van der Waals surface area contributed by atoms with E-state index in [0.29, 0.717) is 5.41 Å². The third-order valence-electron chi connectivity index (χ3n) is 3.33. The lowest BCUT2D eigenvalue weighted by Gasteiger charge is -2.08. The first-order valence-corrected chi connectivity index (χ1v) is 6.75. The van der Waals surface area contributed by atoms with E-state index >= 15 is 0 Å². The molecule has 2 atom stereocenters. The summed E-state index contributed by atoms with van der Waals surface area (Å²) in [6.45, 7) is 4.68. The molecular formula is C13H19NS. The Morgan fingerprint density at radius 3 is 2.27 bits per heavy atom. The maximum absolute atomic E-state index is 4.06. The molecule has 1 nitrogen and oxygen atoms in total. The van der Waals surface area contributed by atoms with E-state index < -0.39 is 0 Å². The van der Waals surface area contributed by atoms with Crippen LogP contribution in [0.25, 0.3) is 0 Å². The highest BCUT2D eigenvalue weighted by atomic mass is 32.2. The molecule has 0 radical (unpaired) electrons. The fraction of sp³-hybridized carbons (Fsp3) is 0.462. The Kier molecular flexibility index (Phi) is 2.73. The van der Waals surface area contributed by atoms with Crippen molar-refractivity contribution in [2.45, 2.75) is 31.1 Å². The predicted octanol–water partition coefficient (Wildman–Crippen LogP) is 3.39. The third kappa shape index (κ3) is 2.16. The molecule has 0 aliphatic heterocycles. The Labute approximate surface area is 95.0 Å². The minimum Gasteiger partial charge on any atom is -0.269 e. The zero-order chi connectivity index (χ0) is 11.1. The van der Waals surface area contributed by atoms with Crippen LogP contribution in [0.5, 0.6) is 0 Å². The number of hydrogen-bond donors (Lipinski definition) is 1. The maximum Gasteiger partial charge on any atom is 0.0152 e. The molecule has 15 heavy (non-hydrogen) atoms. The summed E-state index contributed by atoms with van der Waals surface area (Å²) in [6, 6.07) is 8.93. The normalized spacial score (nSPS) is 24.9. The topological polar surface area (TPSA) is 12.0 Å². The van der Waals surface area contributed by atoms with Gasteiger partial charge in [-0.15, -0.1) is 0 Å². The van der Waals surface area contributed by atoms with E-state index in [4.69, 9.17) is 0 Å². The molecular weight excluding hydrogens is 202 g/mol. The van der Waals surface area contributed by atoms with Crippen LogP contribution in [-0.2, 0) is 0 Å². The molecule has 2 heteroatoms. The van der Waals surface area contributed by atoms with Crippen LogP contribution in [0.3, 0.4) is 0 Å². The summed E-state index contributed by atoms with van der Waals surface area (Å²) < 4.78 is 3.18. The van der Waals surface area contributed by atoms with Gasteiger partial charge in [0.1, 0.15) is 0 Å². The van der Waals surface area contributed by atoms with Gasteiger partial charge in [0.05, 0.1) is 0 Å². The molecule has 1 aliphatic carbocycles. The van der Waals surface area contributed by atoms with Crippen molar-refractivity contribution in [3.8, 4) is 0 Å². The van der Waals surface area contributed by atoms with Gasteiger partial charge in [-0.2, -0.15) is 0 Å². The molecule has 0 heterocycles. The van der Waals surface area contributed by atoms with Crippen LogP contribution >= 0.6 is 10.7 Å². The van der Waals surface area contributed by atoms with Crippen molar-refractivity contribution >= 4 is 16.5 Å². The van der Waals surface area contributed by atoms with Gasteiger partial charge in [0.25, 0.3) is 0 Å². The fourth-order valence-electron chi connectivity index (χ4n) is 2.02. The Morgan fingerprint density at radius 2 is 1.87 bits per heavy atom. The summed E-state index contributed by atoms with van der Waals surface area (Å²) in [4.78, 5) is 1.29. The molecule has 1 aromatic carbocycles. The number of hydrogen-bond acceptors (Lipinski definition) is 1. The van der Waals surface area contributed by atoms with Crippen LogP contribution in [0, 0.1) is 5.41 Å². The maximum atomic E-state index is 4.06. The number of rotatable bonds is 3. The van der Waals surface area contributed by atoms with Crippen molar-refractivity contribution < 1.29 is 0 Å². The average molecular weight is 221 g/mol. The molecule has 0 bridgehead atoms. The van der Waals surface area contributed by atoms with Crippen molar-refractivity contribution in [3.63, 3.8) is 0 Å². The largest absolute Gasteiger partial charge is 0.269 e. The Hall–Kier alpha value is -0.600. The lowest BCUT2D eigenvalue weighted by molar-refractivity contribution is 0.621. The van der Waals surface area contributed by atoms with E-state index in [0.717, 1.165) is 5.92 Å². The lowest BCUT2D eigenvalue weighted by atomic mass is 10.0.